The van der Waals surface area contributed by atoms with Gasteiger partial charge in [-0.3, -0.25) is 0 Å². The van der Waals surface area contributed by atoms with Gasteiger partial charge in [-0.15, -0.1) is 0 Å². The number of hydrogen-bond donors (Lipinski definition) is 0. The summed E-state index contributed by atoms with van der Waals surface area (Å²) in [6.07, 6.45) is 0. The lowest BCUT2D eigenvalue weighted by Crippen LogP contribution is -2.08. The third-order valence-electron chi connectivity index (χ3n) is 2.90. The second-order valence-corrected chi connectivity index (χ2v) is 12.1. The number of rotatable bonds is 4. The highest BCUT2D eigenvalue weighted by Crippen LogP contribution is 2.38. The zero-order valence-electron chi connectivity index (χ0n) is 11.3. The second kappa shape index (κ2) is 6.47. The number of benzene rings is 2. The maximum Gasteiger partial charge on any atom is 0.264 e. The number of halogens is 3. The molecule has 0 aliphatic rings. The van der Waals surface area contributed by atoms with Crippen molar-refractivity contribution in [1.29, 1.82) is 0 Å². The van der Waals surface area contributed by atoms with Crippen LogP contribution < -0.4 is 0 Å². The van der Waals surface area contributed by atoms with Gasteiger partial charge in [-0.25, -0.2) is 25.3 Å². The van der Waals surface area contributed by atoms with Crippen molar-refractivity contribution >= 4 is 59.2 Å². The first-order valence-corrected chi connectivity index (χ1v) is 12.8. The lowest BCUT2D eigenvalue weighted by atomic mass is 10.1. The predicted molar refractivity (Wildman–Crippen MR) is 91.0 cm³/mol. The molecule has 24 heavy (non-hydrogen) atoms. The van der Waals surface area contributed by atoms with E-state index >= 15 is 0 Å². The third-order valence-corrected chi connectivity index (χ3v) is 7.24. The van der Waals surface area contributed by atoms with Gasteiger partial charge in [0.2, 0.25) is 0 Å². The zero-order chi connectivity index (χ0) is 18.3. The number of hydrogen-bond acceptors (Lipinski definition) is 6. The van der Waals surface area contributed by atoms with Crippen LogP contribution in [0.2, 0.25) is 0 Å². The van der Waals surface area contributed by atoms with Crippen LogP contribution in [0.3, 0.4) is 0 Å². The molecular formula is C12H7Cl3O6S3. The SMILES string of the molecule is O=S(=O)(Cl)c1cc(-c2ccccc2)cc(S(=O)(=O)Cl)c1S(=O)(=O)Cl. The summed E-state index contributed by atoms with van der Waals surface area (Å²) in [5, 5.41) is 0. The van der Waals surface area contributed by atoms with Crippen LogP contribution in [0.15, 0.2) is 57.2 Å². The molecule has 0 radical (unpaired) electrons. The van der Waals surface area contributed by atoms with Gasteiger partial charge < -0.3 is 0 Å². The molecule has 0 N–H and O–H groups in total. The summed E-state index contributed by atoms with van der Waals surface area (Å²) in [4.78, 5) is -3.13. The summed E-state index contributed by atoms with van der Waals surface area (Å²) in [6, 6.07) is 9.85. The second-order valence-electron chi connectivity index (χ2n) is 4.48. The van der Waals surface area contributed by atoms with Crippen LogP contribution in [-0.4, -0.2) is 25.3 Å². The molecule has 0 saturated carbocycles. The Labute approximate surface area is 152 Å². The van der Waals surface area contributed by atoms with Crippen molar-refractivity contribution < 1.29 is 25.3 Å². The smallest absolute Gasteiger partial charge is 0.207 e. The lowest BCUT2D eigenvalue weighted by molar-refractivity contribution is 0.589. The van der Waals surface area contributed by atoms with Crippen molar-refractivity contribution in [3.63, 3.8) is 0 Å². The van der Waals surface area contributed by atoms with E-state index in [2.05, 4.69) is 0 Å². The minimum atomic E-state index is -4.78. The van der Waals surface area contributed by atoms with E-state index in [1.54, 1.807) is 30.3 Å². The molecule has 0 saturated heterocycles. The summed E-state index contributed by atoms with van der Waals surface area (Å²) < 4.78 is 70.5. The molecule has 2 rings (SSSR count). The van der Waals surface area contributed by atoms with Gasteiger partial charge in [-0.1, -0.05) is 30.3 Å². The highest BCUT2D eigenvalue weighted by Gasteiger charge is 2.33. The first kappa shape index (κ1) is 19.5. The molecule has 2 aromatic rings. The molecule has 0 aromatic heterocycles. The van der Waals surface area contributed by atoms with E-state index in [0.29, 0.717) is 5.56 Å². The van der Waals surface area contributed by atoms with Crippen LogP contribution in [0.25, 0.3) is 11.1 Å². The topological polar surface area (TPSA) is 102 Å². The normalized spacial score (nSPS) is 13.0. The fourth-order valence-electron chi connectivity index (χ4n) is 1.98. The Bertz CT molecular complexity index is 1050. The molecule has 0 aliphatic carbocycles. The third kappa shape index (κ3) is 4.22. The average Bonchev–Trinajstić information content (AvgIpc) is 2.44. The summed E-state index contributed by atoms with van der Waals surface area (Å²) in [6.45, 7) is 0. The average molecular weight is 450 g/mol. The standard InChI is InChI=1S/C12H7Cl3O6S3/c13-22(16,17)10-6-9(8-4-2-1-3-5-8)7-11(23(14,18)19)12(10)24(15,20)21/h1-7H. The van der Waals surface area contributed by atoms with Gasteiger partial charge in [0, 0.05) is 32.0 Å². The molecule has 130 valence electrons. The summed E-state index contributed by atoms with van der Waals surface area (Å²) in [5.41, 5.74) is 0.497. The Hall–Kier alpha value is -0.840. The quantitative estimate of drug-likeness (QED) is 0.664. The zero-order valence-corrected chi connectivity index (χ0v) is 16.1. The van der Waals surface area contributed by atoms with Crippen LogP contribution in [0, 0.1) is 0 Å². The van der Waals surface area contributed by atoms with Gasteiger partial charge in [0.15, 0.2) is 0 Å². The van der Waals surface area contributed by atoms with Crippen molar-refractivity contribution in [2.45, 2.75) is 14.7 Å². The van der Waals surface area contributed by atoms with Crippen molar-refractivity contribution in [3.8, 4) is 11.1 Å². The van der Waals surface area contributed by atoms with Crippen LogP contribution in [-0.2, 0) is 27.2 Å². The molecule has 0 atom stereocenters. The van der Waals surface area contributed by atoms with E-state index in [9.17, 15) is 25.3 Å². The summed E-state index contributed by atoms with van der Waals surface area (Å²) in [7, 11) is 1.66. The van der Waals surface area contributed by atoms with Crippen molar-refractivity contribution in [2.75, 3.05) is 0 Å². The van der Waals surface area contributed by atoms with Crippen LogP contribution >= 0.6 is 32.0 Å². The fraction of sp³-hybridized carbons (Fsp3) is 0. The minimum Gasteiger partial charge on any atom is -0.207 e. The minimum absolute atomic E-state index is 0.0816. The van der Waals surface area contributed by atoms with Gasteiger partial charge in [-0.05, 0) is 23.3 Å². The maximum absolute atomic E-state index is 11.8. The van der Waals surface area contributed by atoms with Gasteiger partial charge in [-0.2, -0.15) is 0 Å². The van der Waals surface area contributed by atoms with E-state index in [4.69, 9.17) is 32.0 Å². The molecule has 0 amide bonds. The molecule has 12 heteroatoms. The molecule has 2 aromatic carbocycles. The Balaban J connectivity index is 3.08. The predicted octanol–water partition coefficient (Wildman–Crippen LogP) is 3.14. The van der Waals surface area contributed by atoms with E-state index in [1.165, 1.54) is 0 Å². The maximum atomic E-state index is 11.8. The van der Waals surface area contributed by atoms with Crippen LogP contribution in [0.5, 0.6) is 0 Å². The van der Waals surface area contributed by atoms with Gasteiger partial charge in [0.1, 0.15) is 14.7 Å². The Kier molecular flexibility index (Phi) is 5.25. The lowest BCUT2D eigenvalue weighted by Gasteiger charge is -2.12. The van der Waals surface area contributed by atoms with Crippen LogP contribution in [0.4, 0.5) is 0 Å². The summed E-state index contributed by atoms with van der Waals surface area (Å²) >= 11 is 0. The monoisotopic (exact) mass is 448 g/mol. The first-order valence-electron chi connectivity index (χ1n) is 5.89. The van der Waals surface area contributed by atoms with Gasteiger partial charge in [0.05, 0.1) is 0 Å². The summed E-state index contributed by atoms with van der Waals surface area (Å²) in [5.74, 6) is 0. The van der Waals surface area contributed by atoms with E-state index in [-0.39, 0.29) is 5.56 Å². The molecule has 0 spiro atoms. The van der Waals surface area contributed by atoms with Crippen molar-refractivity contribution in [2.24, 2.45) is 0 Å². The van der Waals surface area contributed by atoms with E-state index in [0.717, 1.165) is 12.1 Å². The largest absolute Gasteiger partial charge is 0.264 e. The van der Waals surface area contributed by atoms with E-state index < -0.39 is 41.8 Å². The van der Waals surface area contributed by atoms with Crippen molar-refractivity contribution in [1.82, 2.24) is 0 Å². The van der Waals surface area contributed by atoms with Crippen LogP contribution in [0.1, 0.15) is 0 Å². The Morgan fingerprint density at radius 3 is 1.33 bits per heavy atom. The fourth-order valence-corrected chi connectivity index (χ4v) is 6.93. The Morgan fingerprint density at radius 2 is 1.00 bits per heavy atom. The van der Waals surface area contributed by atoms with Gasteiger partial charge in [0.25, 0.3) is 27.2 Å². The molecule has 6 nitrogen and oxygen atoms in total. The molecule has 0 unspecified atom stereocenters. The van der Waals surface area contributed by atoms with Crippen molar-refractivity contribution in [3.05, 3.63) is 42.5 Å². The molecule has 0 heterocycles. The Morgan fingerprint density at radius 1 is 0.583 bits per heavy atom. The molecular weight excluding hydrogens is 443 g/mol. The first-order chi connectivity index (χ1) is 10.8. The van der Waals surface area contributed by atoms with E-state index in [1.807, 2.05) is 0 Å². The van der Waals surface area contributed by atoms with Gasteiger partial charge >= 0.3 is 0 Å². The molecule has 0 aliphatic heterocycles. The molecule has 0 fully saturated rings. The highest BCUT2D eigenvalue weighted by molar-refractivity contribution is 8.17. The highest BCUT2D eigenvalue weighted by atomic mass is 35.7. The molecule has 0 bridgehead atoms.